The summed E-state index contributed by atoms with van der Waals surface area (Å²) in [5.41, 5.74) is -2.40. The summed E-state index contributed by atoms with van der Waals surface area (Å²) in [7, 11) is 0. The molecule has 5 nitrogen and oxygen atoms in total. The van der Waals surface area contributed by atoms with Gasteiger partial charge in [0.2, 0.25) is 0 Å². The van der Waals surface area contributed by atoms with Crippen molar-refractivity contribution in [3.63, 3.8) is 0 Å². The van der Waals surface area contributed by atoms with E-state index in [1.807, 2.05) is 0 Å². The molecule has 23 heavy (non-hydrogen) atoms. The average Bonchev–Trinajstić information content (AvgIpc) is 2.89. The highest BCUT2D eigenvalue weighted by Crippen LogP contribution is 2.31. The van der Waals surface area contributed by atoms with Gasteiger partial charge in [-0.3, -0.25) is 0 Å². The standard InChI is InChI=1S/C12H5F6N5/c13-5-1-2-6(22-9(5)12(16,17)18)7-3-19-10-8(21-7)4-20-23(10)11(14)15/h1-4,11H. The van der Waals surface area contributed by atoms with Gasteiger partial charge in [0.05, 0.1) is 18.1 Å². The molecule has 3 aromatic rings. The summed E-state index contributed by atoms with van der Waals surface area (Å²) in [6.45, 7) is -2.94. The predicted molar refractivity (Wildman–Crippen MR) is 64.8 cm³/mol. The van der Waals surface area contributed by atoms with E-state index in [4.69, 9.17) is 0 Å². The topological polar surface area (TPSA) is 56.5 Å². The quantitative estimate of drug-likeness (QED) is 0.674. The fourth-order valence-electron chi connectivity index (χ4n) is 1.88. The average molecular weight is 333 g/mol. The van der Waals surface area contributed by atoms with Gasteiger partial charge in [0.15, 0.2) is 17.2 Å². The number of aromatic nitrogens is 5. The molecule has 0 fully saturated rings. The van der Waals surface area contributed by atoms with Crippen LogP contribution in [-0.2, 0) is 6.18 Å². The zero-order valence-electron chi connectivity index (χ0n) is 10.9. The van der Waals surface area contributed by atoms with Gasteiger partial charge in [0.25, 0.3) is 0 Å². The molecule has 3 heterocycles. The Morgan fingerprint density at radius 2 is 1.74 bits per heavy atom. The first kappa shape index (κ1) is 15.2. The van der Waals surface area contributed by atoms with Crippen LogP contribution in [-0.4, -0.2) is 24.7 Å². The zero-order valence-corrected chi connectivity index (χ0v) is 10.9. The van der Waals surface area contributed by atoms with Crippen LogP contribution in [0.2, 0.25) is 0 Å². The Hall–Kier alpha value is -2.72. The molecule has 3 rings (SSSR count). The second-order valence-corrected chi connectivity index (χ2v) is 4.36. The van der Waals surface area contributed by atoms with Gasteiger partial charge < -0.3 is 0 Å². The highest BCUT2D eigenvalue weighted by molar-refractivity contribution is 5.72. The van der Waals surface area contributed by atoms with Crippen molar-refractivity contribution in [2.75, 3.05) is 0 Å². The molecule has 0 aliphatic carbocycles. The summed E-state index contributed by atoms with van der Waals surface area (Å²) in [4.78, 5) is 10.8. The maximum absolute atomic E-state index is 13.2. The van der Waals surface area contributed by atoms with E-state index in [2.05, 4.69) is 20.1 Å². The number of halogens is 6. The summed E-state index contributed by atoms with van der Waals surface area (Å²) in [5, 5.41) is 3.38. The predicted octanol–water partition coefficient (Wildman–Crippen LogP) is 3.44. The third-order valence-electron chi connectivity index (χ3n) is 2.86. The van der Waals surface area contributed by atoms with Crippen LogP contribution in [0.25, 0.3) is 22.6 Å². The number of fused-ring (bicyclic) bond motifs is 1. The van der Waals surface area contributed by atoms with Crippen molar-refractivity contribution in [3.8, 4) is 11.4 Å². The van der Waals surface area contributed by atoms with Crippen molar-refractivity contribution in [3.05, 3.63) is 36.0 Å². The van der Waals surface area contributed by atoms with E-state index in [1.165, 1.54) is 0 Å². The van der Waals surface area contributed by atoms with Crippen molar-refractivity contribution < 1.29 is 26.3 Å². The van der Waals surface area contributed by atoms with Crippen LogP contribution >= 0.6 is 0 Å². The van der Waals surface area contributed by atoms with E-state index in [1.54, 1.807) is 0 Å². The minimum Gasteiger partial charge on any atom is -0.239 e. The molecule has 0 aliphatic heterocycles. The largest absolute Gasteiger partial charge is 0.436 e. The smallest absolute Gasteiger partial charge is 0.239 e. The van der Waals surface area contributed by atoms with Gasteiger partial charge >= 0.3 is 12.7 Å². The van der Waals surface area contributed by atoms with E-state index < -0.39 is 24.2 Å². The summed E-state index contributed by atoms with van der Waals surface area (Å²) in [6.07, 6.45) is -3.02. The zero-order chi connectivity index (χ0) is 16.8. The molecule has 3 aromatic heterocycles. The lowest BCUT2D eigenvalue weighted by Gasteiger charge is -2.08. The van der Waals surface area contributed by atoms with Gasteiger partial charge in [-0.1, -0.05) is 0 Å². The van der Waals surface area contributed by atoms with E-state index >= 15 is 0 Å². The monoisotopic (exact) mass is 333 g/mol. The van der Waals surface area contributed by atoms with Crippen LogP contribution in [0.1, 0.15) is 12.2 Å². The van der Waals surface area contributed by atoms with Gasteiger partial charge in [-0.15, -0.1) is 0 Å². The molecular formula is C12H5F6N5. The molecule has 0 bridgehead atoms. The Labute approximate surface area is 123 Å². The van der Waals surface area contributed by atoms with E-state index in [9.17, 15) is 26.3 Å². The third-order valence-corrected chi connectivity index (χ3v) is 2.86. The fraction of sp³-hybridized carbons (Fsp3) is 0.167. The molecule has 0 atom stereocenters. The van der Waals surface area contributed by atoms with E-state index in [-0.39, 0.29) is 22.6 Å². The molecule has 0 saturated heterocycles. The van der Waals surface area contributed by atoms with Gasteiger partial charge in [0.1, 0.15) is 11.2 Å². The van der Waals surface area contributed by atoms with Gasteiger partial charge in [-0.2, -0.15) is 31.7 Å². The number of rotatable bonds is 2. The van der Waals surface area contributed by atoms with Crippen molar-refractivity contribution in [2.24, 2.45) is 0 Å². The van der Waals surface area contributed by atoms with Crippen LogP contribution in [0.4, 0.5) is 26.3 Å². The summed E-state index contributed by atoms with van der Waals surface area (Å²) >= 11 is 0. The lowest BCUT2D eigenvalue weighted by Crippen LogP contribution is -2.11. The van der Waals surface area contributed by atoms with Crippen LogP contribution in [0.5, 0.6) is 0 Å². The number of hydrogen-bond donors (Lipinski definition) is 0. The van der Waals surface area contributed by atoms with Crippen LogP contribution in [0.15, 0.2) is 24.5 Å². The molecule has 0 aromatic carbocycles. The third kappa shape index (κ3) is 2.69. The minimum atomic E-state index is -4.97. The Balaban J connectivity index is 2.10. The van der Waals surface area contributed by atoms with Crippen molar-refractivity contribution >= 4 is 11.2 Å². The van der Waals surface area contributed by atoms with E-state index in [0.29, 0.717) is 10.7 Å². The van der Waals surface area contributed by atoms with Crippen LogP contribution in [0, 0.1) is 5.82 Å². The van der Waals surface area contributed by atoms with Gasteiger partial charge in [-0.05, 0) is 12.1 Å². The Morgan fingerprint density at radius 3 is 2.39 bits per heavy atom. The van der Waals surface area contributed by atoms with E-state index in [0.717, 1.165) is 18.5 Å². The number of alkyl halides is 5. The Bertz CT molecular complexity index is 872. The number of pyridine rings is 1. The lowest BCUT2D eigenvalue weighted by atomic mass is 10.2. The first-order valence-electron chi connectivity index (χ1n) is 6.00. The summed E-state index contributed by atoms with van der Waals surface area (Å²) in [6, 6.07) is 1.58. The minimum absolute atomic E-state index is 0.0533. The fourth-order valence-corrected chi connectivity index (χ4v) is 1.88. The molecule has 0 saturated carbocycles. The molecular weight excluding hydrogens is 328 g/mol. The molecule has 0 unspecified atom stereocenters. The summed E-state index contributed by atoms with van der Waals surface area (Å²) < 4.78 is 76.8. The highest BCUT2D eigenvalue weighted by atomic mass is 19.4. The van der Waals surface area contributed by atoms with Crippen molar-refractivity contribution in [2.45, 2.75) is 12.7 Å². The van der Waals surface area contributed by atoms with Crippen LogP contribution in [0.3, 0.4) is 0 Å². The highest BCUT2D eigenvalue weighted by Gasteiger charge is 2.36. The maximum atomic E-state index is 13.2. The molecule has 0 N–H and O–H groups in total. The van der Waals surface area contributed by atoms with Crippen LogP contribution < -0.4 is 0 Å². The first-order valence-corrected chi connectivity index (χ1v) is 6.00. The van der Waals surface area contributed by atoms with Gasteiger partial charge in [-0.25, -0.2) is 19.3 Å². The molecule has 11 heteroatoms. The first-order chi connectivity index (χ1) is 10.8. The number of hydrogen-bond acceptors (Lipinski definition) is 4. The second-order valence-electron chi connectivity index (χ2n) is 4.36. The molecule has 0 spiro atoms. The number of nitrogens with zero attached hydrogens (tertiary/aromatic N) is 5. The SMILES string of the molecule is Fc1ccc(-c2cnc3c(cnn3C(F)F)n2)nc1C(F)(F)F. The summed E-state index contributed by atoms with van der Waals surface area (Å²) in [5.74, 6) is -1.53. The Kier molecular flexibility index (Phi) is 3.42. The lowest BCUT2D eigenvalue weighted by molar-refractivity contribution is -0.143. The second kappa shape index (κ2) is 5.18. The Morgan fingerprint density at radius 1 is 1.00 bits per heavy atom. The molecule has 0 aliphatic rings. The van der Waals surface area contributed by atoms with Crippen molar-refractivity contribution in [1.82, 2.24) is 24.7 Å². The molecule has 0 radical (unpaired) electrons. The molecule has 120 valence electrons. The van der Waals surface area contributed by atoms with Crippen molar-refractivity contribution in [1.29, 1.82) is 0 Å². The normalized spacial score (nSPS) is 12.3. The maximum Gasteiger partial charge on any atom is 0.436 e. The molecule has 0 amide bonds. The van der Waals surface area contributed by atoms with Gasteiger partial charge in [0, 0.05) is 0 Å².